The van der Waals surface area contributed by atoms with Crippen LogP contribution in [-0.4, -0.2) is 60.8 Å². The Kier molecular flexibility index (Phi) is 7.18. The number of benzene rings is 1. The molecular formula is C22H32N2O5S. The first-order valence-electron chi connectivity index (χ1n) is 10.9. The Morgan fingerprint density at radius 3 is 2.13 bits per heavy atom. The molecule has 0 spiro atoms. The zero-order valence-corrected chi connectivity index (χ0v) is 18.6. The molecule has 0 aromatic heterocycles. The van der Waals surface area contributed by atoms with Gasteiger partial charge in [0.15, 0.2) is 0 Å². The Hall–Kier alpha value is -1.93. The zero-order valence-electron chi connectivity index (χ0n) is 17.8. The van der Waals surface area contributed by atoms with Crippen molar-refractivity contribution in [3.05, 3.63) is 29.8 Å². The zero-order chi connectivity index (χ0) is 21.9. The third kappa shape index (κ3) is 4.70. The highest BCUT2D eigenvalue weighted by Crippen LogP contribution is 2.32. The molecule has 1 saturated carbocycles. The Balaban J connectivity index is 1.64. The number of carbonyl (C=O) groups is 2. The van der Waals surface area contributed by atoms with Gasteiger partial charge in [0.25, 0.3) is 0 Å². The van der Waals surface area contributed by atoms with Gasteiger partial charge in [-0.05, 0) is 42.9 Å². The summed E-state index contributed by atoms with van der Waals surface area (Å²) in [5.41, 5.74) is 1.12. The molecule has 1 aliphatic heterocycles. The van der Waals surface area contributed by atoms with Gasteiger partial charge in [-0.15, -0.1) is 0 Å². The number of sulfonamides is 1. The van der Waals surface area contributed by atoms with E-state index in [1.54, 1.807) is 17.0 Å². The molecule has 3 atom stereocenters. The van der Waals surface area contributed by atoms with E-state index in [0.717, 1.165) is 24.8 Å². The van der Waals surface area contributed by atoms with E-state index in [-0.39, 0.29) is 23.9 Å². The van der Waals surface area contributed by atoms with E-state index < -0.39 is 27.8 Å². The third-order valence-corrected chi connectivity index (χ3v) is 8.56. The lowest BCUT2D eigenvalue weighted by Crippen LogP contribution is -2.53. The van der Waals surface area contributed by atoms with Crippen molar-refractivity contribution in [1.29, 1.82) is 0 Å². The molecule has 0 bridgehead atoms. The van der Waals surface area contributed by atoms with E-state index in [9.17, 15) is 23.1 Å². The van der Waals surface area contributed by atoms with Crippen molar-refractivity contribution < 1.29 is 23.1 Å². The number of nitrogens with zero attached hydrogens (tertiary/aromatic N) is 2. The maximum Gasteiger partial charge on any atom is 0.307 e. The molecule has 1 aliphatic carbocycles. The molecule has 30 heavy (non-hydrogen) atoms. The van der Waals surface area contributed by atoms with E-state index in [1.165, 1.54) is 4.31 Å². The van der Waals surface area contributed by atoms with E-state index in [1.807, 2.05) is 12.1 Å². The highest BCUT2D eigenvalue weighted by Gasteiger charge is 2.39. The van der Waals surface area contributed by atoms with Crippen LogP contribution in [0.2, 0.25) is 0 Å². The van der Waals surface area contributed by atoms with Crippen molar-refractivity contribution in [2.45, 2.75) is 56.8 Å². The number of aliphatic carboxylic acids is 1. The first kappa shape index (κ1) is 22.7. The van der Waals surface area contributed by atoms with Crippen molar-refractivity contribution in [3.63, 3.8) is 0 Å². The number of carboxylic acids is 1. The second-order valence-corrected chi connectivity index (χ2v) is 10.4. The van der Waals surface area contributed by atoms with Gasteiger partial charge in [-0.2, -0.15) is 4.31 Å². The number of carboxylic acid groups (broad SMARTS) is 1. The van der Waals surface area contributed by atoms with Gasteiger partial charge < -0.3 is 10.0 Å². The quantitative estimate of drug-likeness (QED) is 0.740. The first-order chi connectivity index (χ1) is 14.3. The molecule has 0 unspecified atom stereocenters. The standard InChI is InChI=1S/C22H32N2O5S/c1-3-16(2)17-8-10-18(11-9-17)30(28,29)24-14-12-23(13-15-24)21(25)19-6-4-5-7-20(19)22(26)27/h8-11,16,19-20H,3-7,12-15H2,1-2H3,(H,26,27)/t16-,19+,20-/m0/s1. The van der Waals surface area contributed by atoms with Crippen LogP contribution in [0.3, 0.4) is 0 Å². The normalized spacial score (nSPS) is 24.4. The van der Waals surface area contributed by atoms with Crippen molar-refractivity contribution in [1.82, 2.24) is 9.21 Å². The Bertz CT molecular complexity index is 860. The molecule has 1 N–H and O–H groups in total. The topological polar surface area (TPSA) is 95.0 Å². The molecule has 1 amide bonds. The number of hydrogen-bond acceptors (Lipinski definition) is 4. The molecule has 3 rings (SSSR count). The van der Waals surface area contributed by atoms with Crippen molar-refractivity contribution >= 4 is 21.9 Å². The van der Waals surface area contributed by atoms with Gasteiger partial charge in [-0.1, -0.05) is 38.8 Å². The molecule has 1 aromatic carbocycles. The maximum absolute atomic E-state index is 13.0. The SMILES string of the molecule is CC[C@H](C)c1ccc(S(=O)(=O)N2CCN(C(=O)[C@@H]3CCCC[C@@H]3C(=O)O)CC2)cc1. The van der Waals surface area contributed by atoms with Gasteiger partial charge >= 0.3 is 5.97 Å². The van der Waals surface area contributed by atoms with Crippen LogP contribution < -0.4 is 0 Å². The van der Waals surface area contributed by atoms with Gasteiger partial charge in [-0.3, -0.25) is 9.59 Å². The molecule has 1 saturated heterocycles. The molecule has 166 valence electrons. The molecule has 7 nitrogen and oxygen atoms in total. The van der Waals surface area contributed by atoms with Crippen LogP contribution in [0.15, 0.2) is 29.2 Å². The fourth-order valence-corrected chi connectivity index (χ4v) is 5.88. The van der Waals surface area contributed by atoms with Crippen LogP contribution in [0.1, 0.15) is 57.4 Å². The van der Waals surface area contributed by atoms with Crippen LogP contribution in [0, 0.1) is 11.8 Å². The molecule has 2 aliphatic rings. The van der Waals surface area contributed by atoms with Crippen LogP contribution in [0.25, 0.3) is 0 Å². The number of hydrogen-bond donors (Lipinski definition) is 1. The fraction of sp³-hybridized carbons (Fsp3) is 0.636. The summed E-state index contributed by atoms with van der Waals surface area (Å²) in [5.74, 6) is -1.79. The molecule has 8 heteroatoms. The molecule has 0 radical (unpaired) electrons. The van der Waals surface area contributed by atoms with Gasteiger partial charge in [0.05, 0.1) is 16.7 Å². The lowest BCUT2D eigenvalue weighted by Gasteiger charge is -2.38. The summed E-state index contributed by atoms with van der Waals surface area (Å²) in [6.45, 7) is 5.26. The fourth-order valence-electron chi connectivity index (χ4n) is 4.46. The smallest absolute Gasteiger partial charge is 0.307 e. The number of amides is 1. The summed E-state index contributed by atoms with van der Waals surface area (Å²) in [7, 11) is -3.61. The Morgan fingerprint density at radius 2 is 1.60 bits per heavy atom. The van der Waals surface area contributed by atoms with Gasteiger partial charge in [0.1, 0.15) is 0 Å². The summed E-state index contributed by atoms with van der Waals surface area (Å²) in [4.78, 5) is 26.4. The first-order valence-corrected chi connectivity index (χ1v) is 12.3. The van der Waals surface area contributed by atoms with Crippen LogP contribution in [0.4, 0.5) is 0 Å². The van der Waals surface area contributed by atoms with Crippen LogP contribution >= 0.6 is 0 Å². The predicted octanol–water partition coefficient (Wildman–Crippen LogP) is 2.92. The number of carbonyl (C=O) groups excluding carboxylic acids is 1. The molecular weight excluding hydrogens is 404 g/mol. The van der Waals surface area contributed by atoms with E-state index >= 15 is 0 Å². The summed E-state index contributed by atoms with van der Waals surface area (Å²) in [6, 6.07) is 7.06. The van der Waals surface area contributed by atoms with Crippen molar-refractivity contribution in [3.8, 4) is 0 Å². The lowest BCUT2D eigenvalue weighted by molar-refractivity contribution is -0.152. The summed E-state index contributed by atoms with van der Waals surface area (Å²) >= 11 is 0. The van der Waals surface area contributed by atoms with Crippen molar-refractivity contribution in [2.75, 3.05) is 26.2 Å². The van der Waals surface area contributed by atoms with E-state index in [0.29, 0.717) is 31.8 Å². The average molecular weight is 437 g/mol. The maximum atomic E-state index is 13.0. The lowest BCUT2D eigenvalue weighted by atomic mass is 9.78. The third-order valence-electron chi connectivity index (χ3n) is 6.65. The molecule has 2 fully saturated rings. The monoisotopic (exact) mass is 436 g/mol. The summed E-state index contributed by atoms with van der Waals surface area (Å²) in [6.07, 6.45) is 3.82. The average Bonchev–Trinajstić information content (AvgIpc) is 2.78. The van der Waals surface area contributed by atoms with Gasteiger partial charge in [-0.25, -0.2) is 8.42 Å². The highest BCUT2D eigenvalue weighted by molar-refractivity contribution is 7.89. The summed E-state index contributed by atoms with van der Waals surface area (Å²) in [5, 5.41) is 9.44. The minimum Gasteiger partial charge on any atom is -0.481 e. The number of rotatable bonds is 6. The van der Waals surface area contributed by atoms with E-state index in [4.69, 9.17) is 0 Å². The largest absolute Gasteiger partial charge is 0.481 e. The van der Waals surface area contributed by atoms with Crippen molar-refractivity contribution in [2.24, 2.45) is 11.8 Å². The molecule has 1 heterocycles. The van der Waals surface area contributed by atoms with E-state index in [2.05, 4.69) is 13.8 Å². The second kappa shape index (κ2) is 9.47. The predicted molar refractivity (Wildman–Crippen MR) is 114 cm³/mol. The van der Waals surface area contributed by atoms with Gasteiger partial charge in [0.2, 0.25) is 15.9 Å². The Morgan fingerprint density at radius 1 is 1.03 bits per heavy atom. The van der Waals surface area contributed by atoms with Crippen LogP contribution in [-0.2, 0) is 19.6 Å². The summed E-state index contributed by atoms with van der Waals surface area (Å²) < 4.78 is 27.4. The highest BCUT2D eigenvalue weighted by atomic mass is 32.2. The second-order valence-electron chi connectivity index (χ2n) is 8.44. The van der Waals surface area contributed by atoms with Gasteiger partial charge in [0, 0.05) is 26.2 Å². The minimum absolute atomic E-state index is 0.142. The van der Waals surface area contributed by atoms with Crippen LogP contribution in [0.5, 0.6) is 0 Å². The minimum atomic E-state index is -3.61. The molecule has 1 aromatic rings. The Labute approximate surface area is 179 Å². The number of piperazine rings is 1.